The Morgan fingerprint density at radius 3 is 1.64 bits per heavy atom. The number of aromatic hydroxyl groups is 1. The lowest BCUT2D eigenvalue weighted by Gasteiger charge is -2.32. The molecule has 1 heterocycles. The predicted octanol–water partition coefficient (Wildman–Crippen LogP) is -0.364. The molecule has 0 saturated carbocycles. The Bertz CT molecular complexity index is 2320. The molecule has 0 aliphatic carbocycles. The fourth-order valence-corrected chi connectivity index (χ4v) is 8.47. The lowest BCUT2D eigenvalue weighted by atomic mass is 9.97. The van der Waals surface area contributed by atoms with Gasteiger partial charge in [0.1, 0.15) is 54.1 Å². The van der Waals surface area contributed by atoms with E-state index >= 15 is 0 Å². The molecule has 0 radical (unpaired) electrons. The number of nitrogens with two attached hydrogens (primary N) is 2. The van der Waals surface area contributed by atoms with Crippen LogP contribution < -0.4 is 48.7 Å². The van der Waals surface area contributed by atoms with Crippen LogP contribution in [0, 0.1) is 23.7 Å². The van der Waals surface area contributed by atoms with Crippen molar-refractivity contribution in [3.05, 3.63) is 65.7 Å². The summed E-state index contributed by atoms with van der Waals surface area (Å²) in [4.78, 5) is 137. The number of carbonyl (C=O) groups excluding carboxylic acids is 9. The van der Waals surface area contributed by atoms with Crippen molar-refractivity contribution in [2.24, 2.45) is 35.1 Å². The highest BCUT2D eigenvalue weighted by atomic mass is 16.4. The van der Waals surface area contributed by atoms with Crippen LogP contribution in [0.4, 0.5) is 0 Å². The van der Waals surface area contributed by atoms with Crippen LogP contribution in [0.2, 0.25) is 0 Å². The maximum atomic E-state index is 14.5. The molecule has 0 spiro atoms. The summed E-state index contributed by atoms with van der Waals surface area (Å²) in [5.41, 5.74) is 12.8. The molecule has 9 amide bonds. The van der Waals surface area contributed by atoms with Gasteiger partial charge in [0.15, 0.2) is 0 Å². The van der Waals surface area contributed by atoms with Crippen LogP contribution in [-0.2, 0) is 60.8 Å². The van der Waals surface area contributed by atoms with Crippen molar-refractivity contribution in [1.82, 2.24) is 42.1 Å². The third-order valence-corrected chi connectivity index (χ3v) is 13.3. The number of benzene rings is 2. The second-order valence-corrected chi connectivity index (χ2v) is 20.6. The van der Waals surface area contributed by atoms with Crippen LogP contribution in [0.1, 0.15) is 105 Å². The summed E-state index contributed by atoms with van der Waals surface area (Å²) in [6.07, 6.45) is 0.325. The van der Waals surface area contributed by atoms with Crippen molar-refractivity contribution >= 4 is 59.1 Å². The van der Waals surface area contributed by atoms with Gasteiger partial charge in [0.2, 0.25) is 53.2 Å². The van der Waals surface area contributed by atoms with E-state index in [1.807, 2.05) is 20.8 Å². The van der Waals surface area contributed by atoms with E-state index < -0.39 is 132 Å². The first-order valence-corrected chi connectivity index (χ1v) is 25.9. The van der Waals surface area contributed by atoms with Crippen LogP contribution in [0.25, 0.3) is 0 Å². The van der Waals surface area contributed by atoms with Gasteiger partial charge >= 0.3 is 5.97 Å². The maximum absolute atomic E-state index is 14.5. The average Bonchev–Trinajstić information content (AvgIpc) is 3.87. The summed E-state index contributed by atoms with van der Waals surface area (Å²) in [5.74, 6) is -9.95. The number of carboxylic acid groups (broad SMARTS) is 1. The van der Waals surface area contributed by atoms with Crippen LogP contribution in [-0.4, -0.2) is 147 Å². The molecule has 1 fully saturated rings. The van der Waals surface area contributed by atoms with Crippen LogP contribution in [0.15, 0.2) is 54.6 Å². The van der Waals surface area contributed by atoms with E-state index in [0.717, 1.165) is 0 Å². The first kappa shape index (κ1) is 63.2. The largest absolute Gasteiger partial charge is 0.508 e. The van der Waals surface area contributed by atoms with Crippen molar-refractivity contribution < 1.29 is 63.3 Å². The Balaban J connectivity index is 1.90. The minimum Gasteiger partial charge on any atom is -0.508 e. The Morgan fingerprint density at radius 1 is 0.632 bits per heavy atom. The van der Waals surface area contributed by atoms with E-state index in [0.29, 0.717) is 24.0 Å². The fraction of sp³-hybridized carbons (Fsp3) is 0.585. The molecule has 14 N–H and O–H groups in total. The second-order valence-electron chi connectivity index (χ2n) is 20.6. The predicted molar refractivity (Wildman–Crippen MR) is 280 cm³/mol. The van der Waals surface area contributed by atoms with Gasteiger partial charge in [-0.2, -0.15) is 0 Å². The number of amides is 9. The summed E-state index contributed by atoms with van der Waals surface area (Å²) >= 11 is 0. The van der Waals surface area contributed by atoms with Crippen molar-refractivity contribution in [2.45, 2.75) is 161 Å². The number of likely N-dealkylation sites (tertiary alicyclic amines) is 1. The van der Waals surface area contributed by atoms with Gasteiger partial charge in [-0.1, -0.05) is 104 Å². The minimum atomic E-state index is -1.59. The molecule has 23 heteroatoms. The minimum absolute atomic E-state index is 0.0594. The van der Waals surface area contributed by atoms with Crippen molar-refractivity contribution in [1.29, 1.82) is 0 Å². The van der Waals surface area contributed by atoms with Crippen molar-refractivity contribution in [2.75, 3.05) is 13.2 Å². The normalized spacial score (nSPS) is 16.9. The molecule has 3 rings (SSSR count). The number of carboxylic acids is 1. The Labute approximate surface area is 444 Å². The van der Waals surface area contributed by atoms with Crippen LogP contribution >= 0.6 is 0 Å². The average molecular weight is 1070 g/mol. The summed E-state index contributed by atoms with van der Waals surface area (Å²) in [6, 6.07) is 2.72. The maximum Gasteiger partial charge on any atom is 0.326 e. The van der Waals surface area contributed by atoms with E-state index in [1.54, 1.807) is 65.0 Å². The van der Waals surface area contributed by atoms with E-state index in [1.165, 1.54) is 29.2 Å². The number of aliphatic hydroxyl groups excluding tert-OH is 1. The summed E-state index contributed by atoms with van der Waals surface area (Å²) in [7, 11) is 0. The summed E-state index contributed by atoms with van der Waals surface area (Å²) < 4.78 is 0. The number of hydrogen-bond acceptors (Lipinski definition) is 13. The number of rotatable bonds is 30. The number of primary amides is 1. The molecule has 420 valence electrons. The molecule has 76 heavy (non-hydrogen) atoms. The lowest BCUT2D eigenvalue weighted by Crippen LogP contribution is -2.61. The first-order valence-electron chi connectivity index (χ1n) is 25.9. The number of nitrogens with one attached hydrogen (secondary N) is 7. The second kappa shape index (κ2) is 30.4. The van der Waals surface area contributed by atoms with Gasteiger partial charge in [0.25, 0.3) is 0 Å². The highest BCUT2D eigenvalue weighted by Gasteiger charge is 2.41. The quantitative estimate of drug-likeness (QED) is 0.0476. The van der Waals surface area contributed by atoms with Gasteiger partial charge in [0, 0.05) is 25.8 Å². The molecule has 2 aromatic rings. The third-order valence-electron chi connectivity index (χ3n) is 13.3. The number of aliphatic hydroxyl groups is 1. The fourth-order valence-electron chi connectivity index (χ4n) is 8.47. The highest BCUT2D eigenvalue weighted by molar-refractivity contribution is 5.98. The zero-order valence-corrected chi connectivity index (χ0v) is 44.8. The lowest BCUT2D eigenvalue weighted by molar-refractivity contribution is -0.144. The Hall–Kier alpha value is -7.14. The molecule has 1 aliphatic heterocycles. The van der Waals surface area contributed by atoms with E-state index in [9.17, 15) is 63.3 Å². The smallest absolute Gasteiger partial charge is 0.326 e. The molecule has 2 aromatic carbocycles. The monoisotopic (exact) mass is 1060 g/mol. The molecule has 0 unspecified atom stereocenters. The van der Waals surface area contributed by atoms with E-state index in [2.05, 4.69) is 37.2 Å². The van der Waals surface area contributed by atoms with E-state index in [-0.39, 0.29) is 62.7 Å². The Morgan fingerprint density at radius 2 is 1.12 bits per heavy atom. The van der Waals surface area contributed by atoms with Crippen LogP contribution in [0.3, 0.4) is 0 Å². The highest BCUT2D eigenvalue weighted by Crippen LogP contribution is 2.22. The number of carbonyl (C=O) groups is 10. The Kier molecular flexibility index (Phi) is 25.3. The topological polar surface area (TPSA) is 371 Å². The van der Waals surface area contributed by atoms with Gasteiger partial charge in [-0.15, -0.1) is 0 Å². The van der Waals surface area contributed by atoms with Gasteiger partial charge in [-0.05, 0) is 72.6 Å². The van der Waals surface area contributed by atoms with Gasteiger partial charge < -0.3 is 68.9 Å². The molecule has 0 aromatic heterocycles. The molecule has 0 bridgehead atoms. The van der Waals surface area contributed by atoms with Crippen LogP contribution in [0.5, 0.6) is 5.75 Å². The number of phenolic OH excluding ortho intramolecular Hbond substituents is 1. The SMILES string of the molecule is CC[C@H](C)[C@H](N)C(=O)N[C@@H](CC(C)C)C(=O)N[C@@H](Cc1ccc(O)cc1)C(=O)N[C@@H](CCC(N)=O)C(=O)N[C@H](C(=O)N1CCC[C@H]1C(=O)N[C@@H](Cc1ccccc1)C(=O)N[C@@H](CO)C(=O)N[C@H](C(=O)O)C(C)C)C(C)C. The molecular formula is C53H80N10O13. The molecule has 1 aliphatic rings. The van der Waals surface area contributed by atoms with Crippen molar-refractivity contribution in [3.63, 3.8) is 0 Å². The number of nitrogens with zero attached hydrogens (tertiary/aromatic N) is 1. The third kappa shape index (κ3) is 19.5. The molecule has 10 atom stereocenters. The molecule has 23 nitrogen and oxygen atoms in total. The van der Waals surface area contributed by atoms with Gasteiger partial charge in [-0.25, -0.2) is 4.79 Å². The van der Waals surface area contributed by atoms with E-state index in [4.69, 9.17) is 11.5 Å². The summed E-state index contributed by atoms with van der Waals surface area (Å²) in [5, 5.41) is 47.8. The first-order chi connectivity index (χ1) is 35.8. The number of hydrogen-bond donors (Lipinski definition) is 12. The zero-order valence-electron chi connectivity index (χ0n) is 44.8. The number of aliphatic carboxylic acids is 1. The molecule has 1 saturated heterocycles. The number of phenols is 1. The zero-order chi connectivity index (χ0) is 57.0. The molecular weight excluding hydrogens is 985 g/mol. The van der Waals surface area contributed by atoms with Crippen molar-refractivity contribution in [3.8, 4) is 5.75 Å². The standard InChI is InChI=1S/C53H80N10O13/c1-9-31(8)42(55)51(73)59-36(24-28(2)3)46(68)57-37(26-33-17-19-34(65)20-18-33)47(69)56-35(21-22-41(54)66)45(67)61-43(29(4)5)52(74)63-23-13-16-40(63)50(72)58-38(25-32-14-11-10-12-15-32)48(70)60-39(27-64)49(71)62-44(30(6)7)53(75)76/h10-12,14-15,17-20,28-31,35-40,42-44,64-65H,9,13,16,21-27,55H2,1-8H3,(H2,54,66)(H,56,69)(H,57,68)(H,58,72)(H,59,73)(H,60,70)(H,61,67)(H,62,71)(H,75,76)/t31-,35-,36-,37-,38-,39-,40-,42-,43-,44-/m0/s1. The van der Waals surface area contributed by atoms with Gasteiger partial charge in [-0.3, -0.25) is 43.2 Å². The van der Waals surface area contributed by atoms with Gasteiger partial charge in [0.05, 0.1) is 12.6 Å². The summed E-state index contributed by atoms with van der Waals surface area (Å²) in [6.45, 7) is 13.0.